The van der Waals surface area contributed by atoms with Crippen LogP contribution in [0.25, 0.3) is 0 Å². The third-order valence-electron chi connectivity index (χ3n) is 1.59. The largest absolute Gasteiger partial charge is 0.329 e. The van der Waals surface area contributed by atoms with E-state index in [0.717, 1.165) is 11.4 Å². The minimum absolute atomic E-state index is 0.0523. The first-order valence-electron chi connectivity index (χ1n) is 3.94. The van der Waals surface area contributed by atoms with E-state index in [4.69, 9.17) is 5.84 Å². The lowest BCUT2D eigenvalue weighted by molar-refractivity contribution is 0.237. The van der Waals surface area contributed by atoms with Gasteiger partial charge >= 0.3 is 6.03 Å². The summed E-state index contributed by atoms with van der Waals surface area (Å²) in [5, 5.41) is 5.46. The van der Waals surface area contributed by atoms with Crippen LogP contribution in [-0.2, 0) is 0 Å². The summed E-state index contributed by atoms with van der Waals surface area (Å²) < 4.78 is 0. The number of carbonyl (C=O) groups is 1. The fourth-order valence-corrected chi connectivity index (χ4v) is 1.72. The highest BCUT2D eigenvalue weighted by Crippen LogP contribution is 2.18. The maximum Gasteiger partial charge on any atom is 0.329 e. The predicted molar refractivity (Wildman–Crippen MR) is 51.0 cm³/mol. The van der Waals surface area contributed by atoms with Crippen LogP contribution in [0.5, 0.6) is 0 Å². The SMILES string of the molecule is CCC(NC(=O)NN)c1nccs1. The first-order chi connectivity index (χ1) is 6.27. The van der Waals surface area contributed by atoms with Crippen molar-refractivity contribution in [1.82, 2.24) is 15.7 Å². The number of nitrogens with zero attached hydrogens (tertiary/aromatic N) is 1. The molecule has 0 spiro atoms. The van der Waals surface area contributed by atoms with E-state index >= 15 is 0 Å². The molecule has 0 aliphatic carbocycles. The molecule has 0 saturated carbocycles. The van der Waals surface area contributed by atoms with Crippen LogP contribution in [0.1, 0.15) is 24.4 Å². The lowest BCUT2D eigenvalue weighted by Crippen LogP contribution is -2.41. The Morgan fingerprint density at radius 1 is 1.85 bits per heavy atom. The quantitative estimate of drug-likeness (QED) is 0.383. The Balaban J connectivity index is 2.58. The lowest BCUT2D eigenvalue weighted by Gasteiger charge is -2.13. The normalized spacial score (nSPS) is 12.2. The fourth-order valence-electron chi connectivity index (χ4n) is 0.945. The standard InChI is InChI=1S/C7H12N4OS/c1-2-5(10-7(12)11-8)6-9-3-4-13-6/h3-5H,2,8H2,1H3,(H2,10,11,12). The molecule has 0 bridgehead atoms. The predicted octanol–water partition coefficient (Wildman–Crippen LogP) is 0.767. The smallest absolute Gasteiger partial charge is 0.328 e. The van der Waals surface area contributed by atoms with E-state index in [-0.39, 0.29) is 12.1 Å². The molecule has 4 N–H and O–H groups in total. The number of aromatic nitrogens is 1. The summed E-state index contributed by atoms with van der Waals surface area (Å²) in [6.45, 7) is 1.98. The van der Waals surface area contributed by atoms with Gasteiger partial charge in [-0.1, -0.05) is 6.92 Å². The van der Waals surface area contributed by atoms with Crippen molar-refractivity contribution in [2.75, 3.05) is 0 Å². The summed E-state index contributed by atoms with van der Waals surface area (Å²) in [6.07, 6.45) is 2.51. The van der Waals surface area contributed by atoms with Crippen LogP contribution in [0.15, 0.2) is 11.6 Å². The third kappa shape index (κ3) is 2.67. The van der Waals surface area contributed by atoms with Crippen molar-refractivity contribution in [3.05, 3.63) is 16.6 Å². The fraction of sp³-hybridized carbons (Fsp3) is 0.429. The van der Waals surface area contributed by atoms with Gasteiger partial charge in [-0.3, -0.25) is 5.43 Å². The van der Waals surface area contributed by atoms with Gasteiger partial charge in [0.25, 0.3) is 0 Å². The van der Waals surface area contributed by atoms with E-state index in [0.29, 0.717) is 0 Å². The molecule has 0 aromatic carbocycles. The number of thiazole rings is 1. The molecule has 0 aliphatic heterocycles. The molecule has 6 heteroatoms. The van der Waals surface area contributed by atoms with Crippen LogP contribution in [0, 0.1) is 0 Å². The van der Waals surface area contributed by atoms with Crippen LogP contribution in [0.3, 0.4) is 0 Å². The molecule has 2 amide bonds. The van der Waals surface area contributed by atoms with E-state index in [1.165, 1.54) is 11.3 Å². The van der Waals surface area contributed by atoms with Crippen molar-refractivity contribution in [2.45, 2.75) is 19.4 Å². The molecule has 5 nitrogen and oxygen atoms in total. The van der Waals surface area contributed by atoms with Crippen molar-refractivity contribution in [2.24, 2.45) is 5.84 Å². The molecule has 1 heterocycles. The number of nitrogens with two attached hydrogens (primary N) is 1. The molecule has 13 heavy (non-hydrogen) atoms. The second-order valence-electron chi connectivity index (χ2n) is 2.45. The van der Waals surface area contributed by atoms with Crippen LogP contribution in [0.2, 0.25) is 0 Å². The van der Waals surface area contributed by atoms with Gasteiger partial charge in [0.2, 0.25) is 0 Å². The number of nitrogens with one attached hydrogen (secondary N) is 2. The molecule has 72 valence electrons. The first-order valence-corrected chi connectivity index (χ1v) is 4.82. The molecule has 1 aromatic heterocycles. The zero-order chi connectivity index (χ0) is 9.68. The molecule has 0 radical (unpaired) electrons. The molecular weight excluding hydrogens is 188 g/mol. The van der Waals surface area contributed by atoms with Crippen LogP contribution in [0.4, 0.5) is 4.79 Å². The molecule has 1 atom stereocenters. The zero-order valence-corrected chi connectivity index (χ0v) is 8.10. The zero-order valence-electron chi connectivity index (χ0n) is 7.28. The molecule has 0 fully saturated rings. The van der Waals surface area contributed by atoms with Gasteiger partial charge in [-0.15, -0.1) is 11.3 Å². The van der Waals surface area contributed by atoms with E-state index in [9.17, 15) is 4.79 Å². The van der Waals surface area contributed by atoms with Crippen LogP contribution in [-0.4, -0.2) is 11.0 Å². The average Bonchev–Trinajstić information content (AvgIpc) is 2.66. The lowest BCUT2D eigenvalue weighted by atomic mass is 10.2. The summed E-state index contributed by atoms with van der Waals surface area (Å²) in [4.78, 5) is 15.0. The topological polar surface area (TPSA) is 80.0 Å². The Morgan fingerprint density at radius 2 is 2.62 bits per heavy atom. The van der Waals surface area contributed by atoms with Gasteiger partial charge < -0.3 is 5.32 Å². The second-order valence-corrected chi connectivity index (χ2v) is 3.38. The third-order valence-corrected chi connectivity index (χ3v) is 2.48. The molecule has 0 aliphatic rings. The van der Waals surface area contributed by atoms with E-state index in [1.807, 2.05) is 17.7 Å². The molecule has 1 rings (SSSR count). The number of rotatable bonds is 3. The van der Waals surface area contributed by atoms with Crippen molar-refractivity contribution in [3.8, 4) is 0 Å². The molecular formula is C7H12N4OS. The number of hydrazine groups is 1. The van der Waals surface area contributed by atoms with E-state index < -0.39 is 0 Å². The van der Waals surface area contributed by atoms with Crippen molar-refractivity contribution >= 4 is 17.4 Å². The van der Waals surface area contributed by atoms with Gasteiger partial charge in [0.1, 0.15) is 5.01 Å². The Kier molecular flexibility index (Phi) is 3.66. The monoisotopic (exact) mass is 200 g/mol. The Morgan fingerprint density at radius 3 is 3.08 bits per heavy atom. The van der Waals surface area contributed by atoms with E-state index in [1.54, 1.807) is 6.20 Å². The highest BCUT2D eigenvalue weighted by molar-refractivity contribution is 7.09. The number of urea groups is 1. The highest BCUT2D eigenvalue weighted by Gasteiger charge is 2.13. The summed E-state index contributed by atoms with van der Waals surface area (Å²) in [6, 6.07) is -0.439. The molecule has 1 unspecified atom stereocenters. The van der Waals surface area contributed by atoms with E-state index in [2.05, 4.69) is 10.3 Å². The summed E-state index contributed by atoms with van der Waals surface area (Å²) in [7, 11) is 0. The van der Waals surface area contributed by atoms with Gasteiger partial charge in [-0.05, 0) is 6.42 Å². The number of hydrogen-bond donors (Lipinski definition) is 3. The number of hydrogen-bond acceptors (Lipinski definition) is 4. The van der Waals surface area contributed by atoms with Gasteiger partial charge in [0.05, 0.1) is 6.04 Å². The molecule has 0 saturated heterocycles. The van der Waals surface area contributed by atoms with Crippen molar-refractivity contribution < 1.29 is 4.79 Å². The van der Waals surface area contributed by atoms with Gasteiger partial charge in [0, 0.05) is 11.6 Å². The van der Waals surface area contributed by atoms with Crippen LogP contribution < -0.4 is 16.6 Å². The van der Waals surface area contributed by atoms with Crippen LogP contribution >= 0.6 is 11.3 Å². The first kappa shape index (κ1) is 9.94. The maximum atomic E-state index is 10.9. The minimum atomic E-state index is -0.387. The number of carbonyl (C=O) groups excluding carboxylic acids is 1. The Hall–Kier alpha value is -1.14. The van der Waals surface area contributed by atoms with Crippen molar-refractivity contribution in [3.63, 3.8) is 0 Å². The Bertz CT molecular complexity index is 261. The Labute approximate surface area is 80.3 Å². The summed E-state index contributed by atoms with van der Waals surface area (Å²) >= 11 is 1.51. The summed E-state index contributed by atoms with van der Waals surface area (Å²) in [5.41, 5.74) is 2.02. The minimum Gasteiger partial charge on any atom is -0.328 e. The van der Waals surface area contributed by atoms with Gasteiger partial charge in [0.15, 0.2) is 0 Å². The average molecular weight is 200 g/mol. The molecule has 1 aromatic rings. The maximum absolute atomic E-state index is 10.9. The van der Waals surface area contributed by atoms with Gasteiger partial charge in [-0.2, -0.15) is 0 Å². The second kappa shape index (κ2) is 4.78. The summed E-state index contributed by atoms with van der Waals surface area (Å²) in [5.74, 6) is 4.95. The van der Waals surface area contributed by atoms with Crippen molar-refractivity contribution in [1.29, 1.82) is 0 Å². The van der Waals surface area contributed by atoms with Gasteiger partial charge in [-0.25, -0.2) is 15.6 Å². The number of amides is 2. The highest BCUT2D eigenvalue weighted by atomic mass is 32.1.